The van der Waals surface area contributed by atoms with Crippen molar-refractivity contribution in [2.24, 2.45) is 46.3 Å². The summed E-state index contributed by atoms with van der Waals surface area (Å²) in [5.41, 5.74) is 2.33. The normalized spacial score (nSPS) is 36.9. The van der Waals surface area contributed by atoms with Crippen molar-refractivity contribution in [2.45, 2.75) is 111 Å². The minimum absolute atomic E-state index is 0.0442. The van der Waals surface area contributed by atoms with E-state index in [1.807, 2.05) is 25.1 Å². The molecule has 0 radical (unpaired) electrons. The number of aliphatic hydroxyl groups is 1. The number of carbonyl (C=O) groups excluding carboxylic acids is 2. The van der Waals surface area contributed by atoms with Crippen LogP contribution in [0.15, 0.2) is 28.8 Å². The first kappa shape index (κ1) is 31.6. The number of hydrogen-bond donors (Lipinski definition) is 3. The Bertz CT molecular complexity index is 1370. The maximum Gasteiger partial charge on any atom is 0.257 e. The highest BCUT2D eigenvalue weighted by atomic mass is 35.5. The largest absolute Gasteiger partial charge is 0.393 e. The molecule has 2 aromatic rings. The molecule has 10 atom stereocenters. The molecule has 240 valence electrons. The van der Waals surface area contributed by atoms with Crippen LogP contribution in [-0.2, 0) is 4.79 Å². The summed E-state index contributed by atoms with van der Waals surface area (Å²) in [6, 6.07) is 7.43. The summed E-state index contributed by atoms with van der Waals surface area (Å²) in [6.07, 6.45) is 9.61. The molecule has 4 fully saturated rings. The molecule has 0 bridgehead atoms. The molecular formula is C36H50ClN3O4. The fourth-order valence-corrected chi connectivity index (χ4v) is 10.9. The minimum Gasteiger partial charge on any atom is -0.393 e. The van der Waals surface area contributed by atoms with Gasteiger partial charge in [-0.15, -0.1) is 0 Å². The predicted molar refractivity (Wildman–Crippen MR) is 172 cm³/mol. The van der Waals surface area contributed by atoms with E-state index in [0.717, 1.165) is 44.2 Å². The number of aromatic nitrogens is 1. The summed E-state index contributed by atoms with van der Waals surface area (Å²) in [6.45, 7) is 10.9. The Kier molecular flexibility index (Phi) is 8.68. The molecule has 0 unspecified atom stereocenters. The van der Waals surface area contributed by atoms with Crippen molar-refractivity contribution >= 4 is 29.1 Å². The molecule has 0 saturated heterocycles. The van der Waals surface area contributed by atoms with E-state index in [4.69, 9.17) is 16.1 Å². The number of anilines is 1. The average molecular weight is 624 g/mol. The molecule has 1 aromatic carbocycles. The van der Waals surface area contributed by atoms with E-state index in [2.05, 4.69) is 36.6 Å². The summed E-state index contributed by atoms with van der Waals surface area (Å²) in [4.78, 5) is 25.8. The standard InChI is InChI=1S/C36H50ClN3O4/c1-20(9-12-31(42)38-25-8-6-7-24(37)19-25)27-10-11-28-33-29(14-16-36(27,28)5)35(4)15-13-26(17-23(35)18-30(33)41)39-34(43)32-21(2)40-44-22(32)3/h6-8,19-20,23,26-30,33,41H,9-18H2,1-5H3,(H,38,42)(H,39,43)/t20-,23+,26+,27-,28+,29+,30-,33+,35+,36-/m1/s1. The smallest absolute Gasteiger partial charge is 0.257 e. The fraction of sp³-hybridized carbons (Fsp3) is 0.694. The molecule has 1 heterocycles. The van der Waals surface area contributed by atoms with E-state index in [9.17, 15) is 14.7 Å². The Labute approximate surface area is 267 Å². The summed E-state index contributed by atoms with van der Waals surface area (Å²) >= 11 is 6.09. The molecule has 6 rings (SSSR count). The molecule has 0 spiro atoms. The number of aryl methyl sites for hydroxylation is 2. The minimum atomic E-state index is -0.294. The summed E-state index contributed by atoms with van der Waals surface area (Å²) in [7, 11) is 0. The highest BCUT2D eigenvalue weighted by Gasteiger charge is 2.63. The number of benzene rings is 1. The van der Waals surface area contributed by atoms with Crippen molar-refractivity contribution in [2.75, 3.05) is 5.32 Å². The molecule has 1 aromatic heterocycles. The molecule has 4 aliphatic rings. The lowest BCUT2D eigenvalue weighted by Gasteiger charge is -2.62. The summed E-state index contributed by atoms with van der Waals surface area (Å²) < 4.78 is 5.23. The first-order valence-corrected chi connectivity index (χ1v) is 17.3. The van der Waals surface area contributed by atoms with Crippen LogP contribution in [0.2, 0.25) is 5.02 Å². The highest BCUT2D eigenvalue weighted by molar-refractivity contribution is 6.30. The first-order chi connectivity index (χ1) is 20.9. The average Bonchev–Trinajstić information content (AvgIpc) is 3.50. The van der Waals surface area contributed by atoms with Gasteiger partial charge in [-0.1, -0.05) is 43.6 Å². The summed E-state index contributed by atoms with van der Waals surface area (Å²) in [5, 5.41) is 22.7. The molecule has 4 aliphatic carbocycles. The van der Waals surface area contributed by atoms with Crippen molar-refractivity contribution in [1.82, 2.24) is 10.5 Å². The first-order valence-electron chi connectivity index (χ1n) is 16.9. The summed E-state index contributed by atoms with van der Waals surface area (Å²) in [5.74, 6) is 3.32. The third kappa shape index (κ3) is 5.61. The number of rotatable bonds is 7. The van der Waals surface area contributed by atoms with Gasteiger partial charge in [-0.05, 0) is 136 Å². The maximum atomic E-state index is 13.1. The number of halogens is 1. The van der Waals surface area contributed by atoms with Crippen LogP contribution in [-0.4, -0.2) is 34.2 Å². The molecule has 44 heavy (non-hydrogen) atoms. The quantitative estimate of drug-likeness (QED) is 0.293. The number of aliphatic hydroxyl groups excluding tert-OH is 1. The zero-order valence-electron chi connectivity index (χ0n) is 27.0. The number of amides is 2. The van der Waals surface area contributed by atoms with Gasteiger partial charge in [0.1, 0.15) is 11.3 Å². The van der Waals surface area contributed by atoms with E-state index >= 15 is 0 Å². The third-order valence-corrected chi connectivity index (χ3v) is 13.2. The van der Waals surface area contributed by atoms with Gasteiger partial charge in [0.15, 0.2) is 0 Å². The maximum absolute atomic E-state index is 13.1. The van der Waals surface area contributed by atoms with Crippen LogP contribution in [0.1, 0.15) is 107 Å². The van der Waals surface area contributed by atoms with E-state index in [1.54, 1.807) is 13.0 Å². The molecule has 0 aliphatic heterocycles. The van der Waals surface area contributed by atoms with Crippen LogP contribution < -0.4 is 10.6 Å². The SMILES string of the molecule is Cc1noc(C)c1C(=O)N[C@H]1CC[C@@]2(C)[C@@H](C1)C[C@@H](O)[C@@H]1[C@@H]2CC[C@]2(C)[C@@H]([C@H](C)CCC(=O)Nc3cccc(Cl)c3)CC[C@@H]12. The van der Waals surface area contributed by atoms with Gasteiger partial charge in [0.2, 0.25) is 5.91 Å². The van der Waals surface area contributed by atoms with Gasteiger partial charge in [0.05, 0.1) is 11.8 Å². The molecule has 3 N–H and O–H groups in total. The number of carbonyl (C=O) groups is 2. The Morgan fingerprint density at radius 3 is 2.57 bits per heavy atom. The molecule has 8 heteroatoms. The van der Waals surface area contributed by atoms with Crippen LogP contribution >= 0.6 is 11.6 Å². The van der Waals surface area contributed by atoms with Gasteiger partial charge in [-0.3, -0.25) is 9.59 Å². The lowest BCUT2D eigenvalue weighted by atomic mass is 9.43. The Balaban J connectivity index is 1.08. The number of nitrogens with zero attached hydrogens (tertiary/aromatic N) is 1. The topological polar surface area (TPSA) is 104 Å². The van der Waals surface area contributed by atoms with Gasteiger partial charge < -0.3 is 20.3 Å². The lowest BCUT2D eigenvalue weighted by molar-refractivity contribution is -0.166. The van der Waals surface area contributed by atoms with Crippen molar-refractivity contribution in [3.05, 3.63) is 46.3 Å². The fourth-order valence-electron chi connectivity index (χ4n) is 10.7. The molecule has 2 amide bonds. The van der Waals surface area contributed by atoms with E-state index in [0.29, 0.717) is 64.0 Å². The van der Waals surface area contributed by atoms with Gasteiger partial charge >= 0.3 is 0 Å². The van der Waals surface area contributed by atoms with E-state index in [-0.39, 0.29) is 34.8 Å². The van der Waals surface area contributed by atoms with Gasteiger partial charge in [-0.25, -0.2) is 0 Å². The number of nitrogens with one attached hydrogen (secondary N) is 2. The Hall–Kier alpha value is -2.38. The lowest BCUT2D eigenvalue weighted by Crippen LogP contribution is -2.59. The van der Waals surface area contributed by atoms with E-state index in [1.165, 1.54) is 19.3 Å². The molecule has 7 nitrogen and oxygen atoms in total. The highest BCUT2D eigenvalue weighted by Crippen LogP contribution is 2.68. The van der Waals surface area contributed by atoms with Gasteiger partial charge in [0, 0.05) is 23.2 Å². The van der Waals surface area contributed by atoms with Crippen LogP contribution in [0, 0.1) is 60.2 Å². The predicted octanol–water partition coefficient (Wildman–Crippen LogP) is 7.73. The zero-order valence-corrected chi connectivity index (χ0v) is 27.8. The number of hydrogen-bond acceptors (Lipinski definition) is 5. The van der Waals surface area contributed by atoms with Crippen LogP contribution in [0.5, 0.6) is 0 Å². The third-order valence-electron chi connectivity index (χ3n) is 13.0. The van der Waals surface area contributed by atoms with Crippen LogP contribution in [0.4, 0.5) is 5.69 Å². The van der Waals surface area contributed by atoms with Crippen molar-refractivity contribution in [3.63, 3.8) is 0 Å². The second-order valence-corrected chi connectivity index (χ2v) is 15.7. The van der Waals surface area contributed by atoms with Crippen molar-refractivity contribution < 1.29 is 19.2 Å². The van der Waals surface area contributed by atoms with Crippen LogP contribution in [0.25, 0.3) is 0 Å². The van der Waals surface area contributed by atoms with Gasteiger partial charge in [0.25, 0.3) is 5.91 Å². The van der Waals surface area contributed by atoms with Crippen molar-refractivity contribution in [3.8, 4) is 0 Å². The number of fused-ring (bicyclic) bond motifs is 5. The van der Waals surface area contributed by atoms with E-state index < -0.39 is 0 Å². The zero-order chi connectivity index (χ0) is 31.4. The molecule has 4 saturated carbocycles. The second-order valence-electron chi connectivity index (χ2n) is 15.2. The Morgan fingerprint density at radius 1 is 1.09 bits per heavy atom. The Morgan fingerprint density at radius 2 is 1.84 bits per heavy atom. The molecular weight excluding hydrogens is 574 g/mol. The van der Waals surface area contributed by atoms with Crippen LogP contribution in [0.3, 0.4) is 0 Å². The van der Waals surface area contributed by atoms with Crippen molar-refractivity contribution in [1.29, 1.82) is 0 Å². The second kappa shape index (κ2) is 12.1. The monoisotopic (exact) mass is 623 g/mol. The van der Waals surface area contributed by atoms with Gasteiger partial charge in [-0.2, -0.15) is 0 Å².